The largest absolute Gasteiger partial charge is 0.336 e. The molecule has 1 amide bonds. The number of carbonyl (C=O) groups excluding carboxylic acids is 1. The maximum Gasteiger partial charge on any atom is 0.253 e. The molecule has 0 spiro atoms. The Hall–Kier alpha value is -2.50. The Labute approximate surface area is 176 Å². The molecular formula is C19H22N4O5S2. The summed E-state index contributed by atoms with van der Waals surface area (Å²) in [6, 6.07) is 9.58. The van der Waals surface area contributed by atoms with Gasteiger partial charge in [0.25, 0.3) is 5.91 Å². The standard InChI is InChI=1S/C19H22N4O5S2/c24-19(16-4-6-17(7-5-16)23-9-2-14-29(23,25)26)21-10-12-22(13-11-21)30(27,28)18-3-1-8-20-15-18/h1,3-8,15H,2,9-14H2. The van der Waals surface area contributed by atoms with Gasteiger partial charge >= 0.3 is 0 Å². The second-order valence-electron chi connectivity index (χ2n) is 7.17. The molecule has 11 heteroatoms. The summed E-state index contributed by atoms with van der Waals surface area (Å²) in [7, 11) is -6.90. The normalized spacial score (nSPS) is 19.7. The summed E-state index contributed by atoms with van der Waals surface area (Å²) in [6.07, 6.45) is 3.42. The van der Waals surface area contributed by atoms with E-state index in [1.54, 1.807) is 35.2 Å². The summed E-state index contributed by atoms with van der Waals surface area (Å²) in [5, 5.41) is 0. The van der Waals surface area contributed by atoms with Crippen LogP contribution in [0.4, 0.5) is 5.69 Å². The van der Waals surface area contributed by atoms with E-state index in [0.717, 1.165) is 0 Å². The van der Waals surface area contributed by atoms with E-state index in [4.69, 9.17) is 0 Å². The van der Waals surface area contributed by atoms with E-state index in [0.29, 0.717) is 24.2 Å². The molecular weight excluding hydrogens is 428 g/mol. The Kier molecular flexibility index (Phi) is 5.51. The van der Waals surface area contributed by atoms with Crippen molar-refractivity contribution < 1.29 is 21.6 Å². The number of benzene rings is 1. The summed E-state index contributed by atoms with van der Waals surface area (Å²) in [5.41, 5.74) is 0.996. The minimum absolute atomic E-state index is 0.136. The van der Waals surface area contributed by atoms with Crippen LogP contribution in [0.5, 0.6) is 0 Å². The molecule has 2 saturated heterocycles. The first-order chi connectivity index (χ1) is 14.3. The highest BCUT2D eigenvalue weighted by Gasteiger charge is 2.31. The van der Waals surface area contributed by atoms with Crippen molar-refractivity contribution in [2.75, 3.05) is 42.8 Å². The van der Waals surface area contributed by atoms with Crippen molar-refractivity contribution in [2.24, 2.45) is 0 Å². The molecule has 2 aromatic rings. The monoisotopic (exact) mass is 450 g/mol. The maximum absolute atomic E-state index is 12.8. The number of piperazine rings is 1. The lowest BCUT2D eigenvalue weighted by atomic mass is 10.1. The molecule has 0 aliphatic carbocycles. The van der Waals surface area contributed by atoms with Gasteiger partial charge in [-0.15, -0.1) is 0 Å². The molecule has 1 aromatic carbocycles. The zero-order valence-electron chi connectivity index (χ0n) is 16.2. The Bertz CT molecular complexity index is 1130. The lowest BCUT2D eigenvalue weighted by Gasteiger charge is -2.34. The minimum Gasteiger partial charge on any atom is -0.336 e. The summed E-state index contributed by atoms with van der Waals surface area (Å²) in [5.74, 6) is -0.0656. The molecule has 2 aliphatic heterocycles. The summed E-state index contributed by atoms with van der Waals surface area (Å²) >= 11 is 0. The van der Waals surface area contributed by atoms with Gasteiger partial charge in [0.1, 0.15) is 4.90 Å². The van der Waals surface area contributed by atoms with Crippen molar-refractivity contribution in [1.82, 2.24) is 14.2 Å². The van der Waals surface area contributed by atoms with E-state index < -0.39 is 20.0 Å². The smallest absolute Gasteiger partial charge is 0.253 e. The molecule has 0 bridgehead atoms. The van der Waals surface area contributed by atoms with Crippen molar-refractivity contribution in [2.45, 2.75) is 11.3 Å². The third-order valence-corrected chi connectivity index (χ3v) is 9.05. The minimum atomic E-state index is -3.63. The van der Waals surface area contributed by atoms with Crippen LogP contribution in [0.25, 0.3) is 0 Å². The fourth-order valence-corrected chi connectivity index (χ4v) is 6.61. The zero-order chi connectivity index (χ0) is 21.4. The molecule has 3 heterocycles. The summed E-state index contributed by atoms with van der Waals surface area (Å²) in [6.45, 7) is 1.41. The Morgan fingerprint density at radius 2 is 1.67 bits per heavy atom. The highest BCUT2D eigenvalue weighted by Crippen LogP contribution is 2.25. The Morgan fingerprint density at radius 3 is 2.23 bits per heavy atom. The maximum atomic E-state index is 12.8. The quantitative estimate of drug-likeness (QED) is 0.681. The van der Waals surface area contributed by atoms with E-state index in [1.165, 1.54) is 27.1 Å². The summed E-state index contributed by atoms with van der Waals surface area (Å²) in [4.78, 5) is 18.4. The Balaban J connectivity index is 1.41. The number of hydrogen-bond acceptors (Lipinski definition) is 6. The number of rotatable bonds is 4. The molecule has 160 valence electrons. The first-order valence-corrected chi connectivity index (χ1v) is 12.6. The number of carbonyl (C=O) groups is 1. The zero-order valence-corrected chi connectivity index (χ0v) is 17.8. The number of amides is 1. The van der Waals surface area contributed by atoms with E-state index in [2.05, 4.69) is 4.98 Å². The van der Waals surface area contributed by atoms with Gasteiger partial charge in [-0.05, 0) is 42.8 Å². The van der Waals surface area contributed by atoms with Crippen molar-refractivity contribution in [3.63, 3.8) is 0 Å². The van der Waals surface area contributed by atoms with Crippen LogP contribution in [0.2, 0.25) is 0 Å². The van der Waals surface area contributed by atoms with Gasteiger partial charge in [0, 0.05) is 50.7 Å². The van der Waals surface area contributed by atoms with Crippen molar-refractivity contribution >= 4 is 31.6 Å². The lowest BCUT2D eigenvalue weighted by molar-refractivity contribution is 0.0698. The molecule has 9 nitrogen and oxygen atoms in total. The van der Waals surface area contributed by atoms with E-state index >= 15 is 0 Å². The van der Waals surface area contributed by atoms with Crippen LogP contribution in [-0.2, 0) is 20.0 Å². The van der Waals surface area contributed by atoms with Crippen LogP contribution in [0.1, 0.15) is 16.8 Å². The van der Waals surface area contributed by atoms with Gasteiger partial charge in [-0.1, -0.05) is 0 Å². The number of nitrogens with zero attached hydrogens (tertiary/aromatic N) is 4. The van der Waals surface area contributed by atoms with E-state index in [1.807, 2.05) is 0 Å². The van der Waals surface area contributed by atoms with Gasteiger partial charge in [0.2, 0.25) is 20.0 Å². The fourth-order valence-electron chi connectivity index (χ4n) is 3.66. The molecule has 0 unspecified atom stereocenters. The van der Waals surface area contributed by atoms with Gasteiger partial charge in [-0.25, -0.2) is 16.8 Å². The summed E-state index contributed by atoms with van der Waals surface area (Å²) < 4.78 is 52.1. The average Bonchev–Trinajstić information content (AvgIpc) is 3.13. The molecule has 1 aromatic heterocycles. The lowest BCUT2D eigenvalue weighted by Crippen LogP contribution is -2.50. The highest BCUT2D eigenvalue weighted by atomic mass is 32.2. The molecule has 4 rings (SSSR count). The van der Waals surface area contributed by atoms with Crippen LogP contribution in [0.15, 0.2) is 53.7 Å². The van der Waals surface area contributed by atoms with E-state index in [-0.39, 0.29) is 42.7 Å². The van der Waals surface area contributed by atoms with Crippen molar-refractivity contribution in [3.8, 4) is 0 Å². The van der Waals surface area contributed by atoms with Gasteiger partial charge in [-0.3, -0.25) is 14.1 Å². The van der Waals surface area contributed by atoms with Crippen LogP contribution >= 0.6 is 0 Å². The molecule has 2 aliphatic rings. The number of sulfonamides is 2. The predicted octanol–water partition coefficient (Wildman–Crippen LogP) is 0.768. The van der Waals surface area contributed by atoms with Gasteiger partial charge < -0.3 is 4.90 Å². The molecule has 0 radical (unpaired) electrons. The fraction of sp³-hybridized carbons (Fsp3) is 0.368. The predicted molar refractivity (Wildman–Crippen MR) is 111 cm³/mol. The third kappa shape index (κ3) is 3.92. The van der Waals surface area contributed by atoms with Crippen LogP contribution in [0.3, 0.4) is 0 Å². The molecule has 30 heavy (non-hydrogen) atoms. The number of anilines is 1. The average molecular weight is 451 g/mol. The third-order valence-electron chi connectivity index (χ3n) is 5.30. The highest BCUT2D eigenvalue weighted by molar-refractivity contribution is 7.93. The SMILES string of the molecule is O=C(c1ccc(N2CCCS2(=O)=O)cc1)N1CCN(S(=O)(=O)c2cccnc2)CC1. The van der Waals surface area contributed by atoms with Crippen LogP contribution < -0.4 is 4.31 Å². The van der Waals surface area contributed by atoms with Crippen molar-refractivity contribution in [1.29, 1.82) is 0 Å². The number of pyridine rings is 1. The van der Waals surface area contributed by atoms with Crippen molar-refractivity contribution in [3.05, 3.63) is 54.4 Å². The number of hydrogen-bond donors (Lipinski definition) is 0. The molecule has 0 N–H and O–H groups in total. The van der Waals surface area contributed by atoms with Crippen LogP contribution in [0, 0.1) is 0 Å². The first kappa shape index (κ1) is 20.8. The molecule has 2 fully saturated rings. The number of aromatic nitrogens is 1. The first-order valence-electron chi connectivity index (χ1n) is 9.59. The van der Waals surface area contributed by atoms with E-state index in [9.17, 15) is 21.6 Å². The van der Waals surface area contributed by atoms with Crippen LogP contribution in [-0.4, -0.2) is 75.4 Å². The van der Waals surface area contributed by atoms with Gasteiger partial charge in [0.15, 0.2) is 0 Å². The topological polar surface area (TPSA) is 108 Å². The van der Waals surface area contributed by atoms with Gasteiger partial charge in [0.05, 0.1) is 11.4 Å². The molecule has 0 atom stereocenters. The second kappa shape index (κ2) is 7.97. The Morgan fingerprint density at radius 1 is 0.967 bits per heavy atom. The molecule has 0 saturated carbocycles. The van der Waals surface area contributed by atoms with Gasteiger partial charge in [-0.2, -0.15) is 4.31 Å². The second-order valence-corrected chi connectivity index (χ2v) is 11.1.